The van der Waals surface area contributed by atoms with Gasteiger partial charge in [-0.2, -0.15) is 0 Å². The number of methoxy groups -OCH3 is 1. The van der Waals surface area contributed by atoms with Crippen LogP contribution in [0.1, 0.15) is 6.92 Å². The fraction of sp³-hybridized carbons (Fsp3) is 0.625. The molecule has 0 aliphatic heterocycles. The molecule has 12 heavy (non-hydrogen) atoms. The lowest BCUT2D eigenvalue weighted by Crippen LogP contribution is -2.39. The van der Waals surface area contributed by atoms with Gasteiger partial charge in [0.25, 0.3) is 0 Å². The highest BCUT2D eigenvalue weighted by Crippen LogP contribution is 1.99. The summed E-state index contributed by atoms with van der Waals surface area (Å²) in [5.41, 5.74) is 0.876. The summed E-state index contributed by atoms with van der Waals surface area (Å²) in [7, 11) is 0.0497. The van der Waals surface area contributed by atoms with Gasteiger partial charge in [-0.3, -0.25) is 0 Å². The molecule has 0 unspecified atom stereocenters. The van der Waals surface area contributed by atoms with Crippen molar-refractivity contribution in [2.75, 3.05) is 7.11 Å². The van der Waals surface area contributed by atoms with Gasteiger partial charge in [0.15, 0.2) is 0 Å². The molecule has 0 saturated carbocycles. The third kappa shape index (κ3) is 5.97. The molecule has 0 rings (SSSR count). The van der Waals surface area contributed by atoms with Crippen molar-refractivity contribution < 1.29 is 9.53 Å². The molecule has 0 bridgehead atoms. The molecule has 0 fully saturated rings. The van der Waals surface area contributed by atoms with E-state index in [1.807, 2.05) is 6.92 Å². The first kappa shape index (κ1) is 11.2. The lowest BCUT2D eigenvalue weighted by Gasteiger charge is -2.19. The molecule has 0 aromatic heterocycles. The first-order valence-electron chi connectivity index (χ1n) is 3.89. The summed E-state index contributed by atoms with van der Waals surface area (Å²) in [6.45, 7) is 8.38. The SMILES string of the molecule is COC(=O)C=C(C)N[Si](C)(C)C. The van der Waals surface area contributed by atoms with E-state index in [-0.39, 0.29) is 5.97 Å². The second-order valence-electron chi connectivity index (χ2n) is 3.73. The molecule has 0 aliphatic rings. The fourth-order valence-corrected chi connectivity index (χ4v) is 2.12. The summed E-state index contributed by atoms with van der Waals surface area (Å²) in [4.78, 5) is 14.1. The van der Waals surface area contributed by atoms with Crippen LogP contribution in [0.2, 0.25) is 19.6 Å². The highest BCUT2D eigenvalue weighted by Gasteiger charge is 2.12. The molecule has 0 saturated heterocycles. The second kappa shape index (κ2) is 4.30. The maximum Gasteiger partial charge on any atom is 0.332 e. The molecule has 0 heterocycles. The Labute approximate surface area is 74.9 Å². The standard InChI is InChI=1S/C8H17NO2Si/c1-7(6-8(10)11-2)9-12(3,4)5/h6,9H,1-5H3. The van der Waals surface area contributed by atoms with Crippen molar-refractivity contribution in [3.63, 3.8) is 0 Å². The van der Waals surface area contributed by atoms with Crippen LogP contribution in [0, 0.1) is 0 Å². The number of carbonyl (C=O) groups excluding carboxylic acids is 1. The molecule has 0 aromatic carbocycles. The van der Waals surface area contributed by atoms with Crippen molar-refractivity contribution in [3.05, 3.63) is 11.8 Å². The number of nitrogens with one attached hydrogen (secondary N) is 1. The van der Waals surface area contributed by atoms with Gasteiger partial charge in [-0.15, -0.1) is 0 Å². The van der Waals surface area contributed by atoms with E-state index in [2.05, 4.69) is 29.4 Å². The number of ether oxygens (including phenoxy) is 1. The van der Waals surface area contributed by atoms with Crippen molar-refractivity contribution in [1.29, 1.82) is 0 Å². The smallest absolute Gasteiger partial charge is 0.332 e. The van der Waals surface area contributed by atoms with Crippen LogP contribution in [0.15, 0.2) is 11.8 Å². The van der Waals surface area contributed by atoms with Crippen LogP contribution in [0.4, 0.5) is 0 Å². The third-order valence-corrected chi connectivity index (χ3v) is 2.25. The average Bonchev–Trinajstić information content (AvgIpc) is 1.82. The van der Waals surface area contributed by atoms with Crippen LogP contribution >= 0.6 is 0 Å². The largest absolute Gasteiger partial charge is 0.466 e. The summed E-state index contributed by atoms with van der Waals surface area (Å²) >= 11 is 0. The fourth-order valence-electron chi connectivity index (χ4n) is 0.863. The number of hydrogen-bond donors (Lipinski definition) is 1. The van der Waals surface area contributed by atoms with Gasteiger partial charge in [0.2, 0.25) is 0 Å². The highest BCUT2D eigenvalue weighted by atomic mass is 28.3. The van der Waals surface area contributed by atoms with Crippen LogP contribution in [-0.4, -0.2) is 21.3 Å². The van der Waals surface area contributed by atoms with Gasteiger partial charge < -0.3 is 9.72 Å². The molecule has 0 spiro atoms. The highest BCUT2D eigenvalue weighted by molar-refractivity contribution is 6.74. The molecular formula is C8H17NO2Si. The molecule has 4 heteroatoms. The van der Waals surface area contributed by atoms with Crippen LogP contribution in [0.3, 0.4) is 0 Å². The van der Waals surface area contributed by atoms with Crippen molar-refractivity contribution in [3.8, 4) is 0 Å². The summed E-state index contributed by atoms with van der Waals surface area (Å²) in [6.07, 6.45) is 1.47. The molecule has 1 N–H and O–H groups in total. The number of allylic oxidation sites excluding steroid dienone is 1. The predicted molar refractivity (Wildman–Crippen MR) is 52.3 cm³/mol. The Morgan fingerprint density at radius 3 is 2.25 bits per heavy atom. The Hall–Kier alpha value is -0.773. The minimum atomic E-state index is -1.33. The Morgan fingerprint density at radius 2 is 1.92 bits per heavy atom. The van der Waals surface area contributed by atoms with E-state index in [4.69, 9.17) is 0 Å². The summed E-state index contributed by atoms with van der Waals surface area (Å²) in [5, 5.41) is 0. The lowest BCUT2D eigenvalue weighted by molar-refractivity contribution is -0.134. The molecule has 3 nitrogen and oxygen atoms in total. The lowest BCUT2D eigenvalue weighted by atomic mass is 10.4. The van der Waals surface area contributed by atoms with E-state index in [0.29, 0.717) is 0 Å². The molecule has 0 amide bonds. The van der Waals surface area contributed by atoms with Crippen LogP contribution < -0.4 is 4.98 Å². The summed E-state index contributed by atoms with van der Waals surface area (Å²) < 4.78 is 4.50. The molecule has 70 valence electrons. The van der Waals surface area contributed by atoms with E-state index in [1.165, 1.54) is 13.2 Å². The zero-order valence-electron chi connectivity index (χ0n) is 8.39. The van der Waals surface area contributed by atoms with E-state index in [1.54, 1.807) is 0 Å². The van der Waals surface area contributed by atoms with Gasteiger partial charge in [0.1, 0.15) is 8.24 Å². The van der Waals surface area contributed by atoms with Gasteiger partial charge >= 0.3 is 5.97 Å². The van der Waals surface area contributed by atoms with Crippen LogP contribution in [-0.2, 0) is 9.53 Å². The van der Waals surface area contributed by atoms with Crippen molar-refractivity contribution in [2.45, 2.75) is 26.6 Å². The summed E-state index contributed by atoms with van der Waals surface area (Å²) in [6, 6.07) is 0. The molecule has 0 aliphatic carbocycles. The minimum absolute atomic E-state index is 0.307. The molecular weight excluding hydrogens is 170 g/mol. The van der Waals surface area contributed by atoms with E-state index in [0.717, 1.165) is 5.70 Å². The van der Waals surface area contributed by atoms with Crippen molar-refractivity contribution in [1.82, 2.24) is 4.98 Å². The first-order valence-corrected chi connectivity index (χ1v) is 7.39. The average molecular weight is 187 g/mol. The van der Waals surface area contributed by atoms with E-state index in [9.17, 15) is 4.79 Å². The van der Waals surface area contributed by atoms with E-state index < -0.39 is 8.24 Å². The van der Waals surface area contributed by atoms with Gasteiger partial charge in [-0.05, 0) is 6.92 Å². The van der Waals surface area contributed by atoms with Gasteiger partial charge in [0, 0.05) is 11.8 Å². The van der Waals surface area contributed by atoms with Gasteiger partial charge in [0.05, 0.1) is 7.11 Å². The number of hydrogen-bond acceptors (Lipinski definition) is 3. The maximum absolute atomic E-state index is 10.8. The second-order valence-corrected chi connectivity index (χ2v) is 8.48. The zero-order chi connectivity index (χ0) is 9.78. The zero-order valence-corrected chi connectivity index (χ0v) is 9.39. The first-order chi connectivity index (χ1) is 5.35. The van der Waals surface area contributed by atoms with Gasteiger partial charge in [-0.25, -0.2) is 4.79 Å². The third-order valence-electron chi connectivity index (χ3n) is 1.11. The Balaban J connectivity index is 4.12. The number of esters is 1. The molecule has 0 radical (unpaired) electrons. The Bertz CT molecular complexity index is 194. The monoisotopic (exact) mass is 187 g/mol. The Morgan fingerprint density at radius 1 is 1.42 bits per heavy atom. The predicted octanol–water partition coefficient (Wildman–Crippen LogP) is 1.49. The van der Waals surface area contributed by atoms with E-state index >= 15 is 0 Å². The molecule has 0 atom stereocenters. The quantitative estimate of drug-likeness (QED) is 0.413. The normalized spacial score (nSPS) is 12.6. The van der Waals surface area contributed by atoms with Crippen LogP contribution in [0.25, 0.3) is 0 Å². The minimum Gasteiger partial charge on any atom is -0.466 e. The van der Waals surface area contributed by atoms with Crippen LogP contribution in [0.5, 0.6) is 0 Å². The van der Waals surface area contributed by atoms with Gasteiger partial charge in [-0.1, -0.05) is 19.6 Å². The number of carbonyl (C=O) groups is 1. The number of rotatable bonds is 3. The topological polar surface area (TPSA) is 38.3 Å². The van der Waals surface area contributed by atoms with Crippen molar-refractivity contribution >= 4 is 14.2 Å². The Kier molecular flexibility index (Phi) is 4.02. The van der Waals surface area contributed by atoms with Crippen molar-refractivity contribution in [2.24, 2.45) is 0 Å². The molecule has 0 aromatic rings. The summed E-state index contributed by atoms with van der Waals surface area (Å²) in [5.74, 6) is -0.307. The maximum atomic E-state index is 10.8.